The molecule has 0 amide bonds. The van der Waals surface area contributed by atoms with Crippen LogP contribution in [0.25, 0.3) is 0 Å². The highest BCUT2D eigenvalue weighted by atomic mass is 32.2. The fourth-order valence-electron chi connectivity index (χ4n) is 3.01. The summed E-state index contributed by atoms with van der Waals surface area (Å²) in [5.41, 5.74) is 0.522. The number of ketones is 2. The summed E-state index contributed by atoms with van der Waals surface area (Å²) < 4.78 is 41.2. The molecular formula is C17H16FNO4S2. The van der Waals surface area contributed by atoms with Crippen molar-refractivity contribution in [1.29, 1.82) is 0 Å². The molecule has 1 aliphatic carbocycles. The lowest BCUT2D eigenvalue weighted by atomic mass is 9.80. The van der Waals surface area contributed by atoms with Crippen LogP contribution in [0.4, 0.5) is 4.39 Å². The number of sulfonamides is 1. The molecule has 0 spiro atoms. The Balaban J connectivity index is 1.95. The number of benzene rings is 1. The van der Waals surface area contributed by atoms with Crippen molar-refractivity contribution >= 4 is 32.9 Å². The maximum atomic E-state index is 13.2. The molecule has 0 unspecified atom stereocenters. The lowest BCUT2D eigenvalue weighted by molar-refractivity contribution is -0.131. The van der Waals surface area contributed by atoms with Crippen molar-refractivity contribution in [3.05, 3.63) is 53.2 Å². The molecular weight excluding hydrogens is 365 g/mol. The first kappa shape index (κ1) is 17.9. The smallest absolute Gasteiger partial charge is 0.250 e. The lowest BCUT2D eigenvalue weighted by Gasteiger charge is -2.29. The Kier molecular flexibility index (Phi) is 5.12. The normalized spacial score (nSPS) is 17.6. The van der Waals surface area contributed by atoms with Gasteiger partial charge in [-0.2, -0.15) is 0 Å². The van der Waals surface area contributed by atoms with Crippen LogP contribution in [0.5, 0.6) is 0 Å². The van der Waals surface area contributed by atoms with Crippen LogP contribution in [0.1, 0.15) is 30.9 Å². The van der Waals surface area contributed by atoms with Gasteiger partial charge in [0, 0.05) is 12.8 Å². The molecule has 8 heteroatoms. The van der Waals surface area contributed by atoms with Gasteiger partial charge in [-0.15, -0.1) is 11.3 Å². The SMILES string of the molecule is O=C1CC(=O)CC([C@@H](NS(=O)(=O)c2cccs2)c2ccc(F)cc2)C1. The molecule has 0 aliphatic heterocycles. The van der Waals surface area contributed by atoms with E-state index in [1.165, 1.54) is 30.3 Å². The minimum absolute atomic E-state index is 0.107. The van der Waals surface area contributed by atoms with E-state index < -0.39 is 27.8 Å². The quantitative estimate of drug-likeness (QED) is 0.808. The van der Waals surface area contributed by atoms with Gasteiger partial charge in [-0.1, -0.05) is 18.2 Å². The van der Waals surface area contributed by atoms with Gasteiger partial charge in [-0.05, 0) is 35.1 Å². The van der Waals surface area contributed by atoms with Crippen LogP contribution in [-0.2, 0) is 19.6 Å². The van der Waals surface area contributed by atoms with Crippen LogP contribution in [0.2, 0.25) is 0 Å². The summed E-state index contributed by atoms with van der Waals surface area (Å²) in [5.74, 6) is -1.35. The second-order valence-corrected chi connectivity index (χ2v) is 8.89. The van der Waals surface area contributed by atoms with Crippen LogP contribution < -0.4 is 4.72 Å². The van der Waals surface area contributed by atoms with Gasteiger partial charge in [0.25, 0.3) is 10.0 Å². The lowest BCUT2D eigenvalue weighted by Crippen LogP contribution is -2.37. The van der Waals surface area contributed by atoms with Crippen LogP contribution in [0, 0.1) is 11.7 Å². The van der Waals surface area contributed by atoms with Crippen molar-refractivity contribution in [2.75, 3.05) is 0 Å². The number of Topliss-reactive ketones (excluding diaryl/α,β-unsaturated/α-hetero) is 2. The number of halogens is 1. The highest BCUT2D eigenvalue weighted by Gasteiger charge is 2.35. The Morgan fingerprint density at radius 2 is 1.72 bits per heavy atom. The zero-order valence-corrected chi connectivity index (χ0v) is 14.8. The van der Waals surface area contributed by atoms with E-state index in [0.29, 0.717) is 5.56 Å². The van der Waals surface area contributed by atoms with Gasteiger partial charge in [-0.25, -0.2) is 17.5 Å². The van der Waals surface area contributed by atoms with Gasteiger partial charge in [0.2, 0.25) is 0 Å². The first-order valence-electron chi connectivity index (χ1n) is 7.70. The topological polar surface area (TPSA) is 80.3 Å². The summed E-state index contributed by atoms with van der Waals surface area (Å²) in [7, 11) is -3.81. The molecule has 5 nitrogen and oxygen atoms in total. The van der Waals surface area contributed by atoms with Crippen molar-refractivity contribution in [2.45, 2.75) is 29.5 Å². The van der Waals surface area contributed by atoms with Crippen molar-refractivity contribution in [2.24, 2.45) is 5.92 Å². The molecule has 0 bridgehead atoms. The van der Waals surface area contributed by atoms with E-state index in [9.17, 15) is 22.4 Å². The summed E-state index contributed by atoms with van der Waals surface area (Å²) in [6.45, 7) is 0. The number of hydrogen-bond donors (Lipinski definition) is 1. The predicted octanol–water partition coefficient (Wildman–Crippen LogP) is 2.85. The Labute approximate surface area is 148 Å². The zero-order valence-electron chi connectivity index (χ0n) is 13.1. The van der Waals surface area contributed by atoms with Crippen LogP contribution >= 0.6 is 11.3 Å². The molecule has 1 aromatic heterocycles. The number of rotatable bonds is 5. The summed E-state index contributed by atoms with van der Waals surface area (Å²) in [6, 6.07) is 7.73. The van der Waals surface area contributed by atoms with Gasteiger partial charge >= 0.3 is 0 Å². The van der Waals surface area contributed by atoms with Gasteiger partial charge in [0.05, 0.1) is 12.5 Å². The largest absolute Gasteiger partial charge is 0.299 e. The molecule has 1 saturated carbocycles. The molecule has 0 radical (unpaired) electrons. The first-order chi connectivity index (χ1) is 11.8. The minimum atomic E-state index is -3.81. The van der Waals surface area contributed by atoms with Crippen LogP contribution in [-0.4, -0.2) is 20.0 Å². The third-order valence-electron chi connectivity index (χ3n) is 4.12. The van der Waals surface area contributed by atoms with E-state index in [1.54, 1.807) is 11.4 Å². The van der Waals surface area contributed by atoms with Gasteiger partial charge in [0.1, 0.15) is 21.6 Å². The monoisotopic (exact) mass is 381 g/mol. The maximum Gasteiger partial charge on any atom is 0.250 e. The minimum Gasteiger partial charge on any atom is -0.299 e. The number of carbonyl (C=O) groups is 2. The number of thiophene rings is 1. The van der Waals surface area contributed by atoms with E-state index in [1.807, 2.05) is 0 Å². The molecule has 3 rings (SSSR count). The summed E-state index contributed by atoms with van der Waals surface area (Å²) in [6.07, 6.45) is 0.117. The van der Waals surface area contributed by atoms with Crippen LogP contribution in [0.3, 0.4) is 0 Å². The van der Waals surface area contributed by atoms with E-state index in [-0.39, 0.29) is 35.0 Å². The molecule has 0 saturated heterocycles. The first-order valence-corrected chi connectivity index (χ1v) is 10.1. The molecule has 132 valence electrons. The van der Waals surface area contributed by atoms with Crippen molar-refractivity contribution in [3.8, 4) is 0 Å². The van der Waals surface area contributed by atoms with Crippen LogP contribution in [0.15, 0.2) is 46.0 Å². The van der Waals surface area contributed by atoms with Gasteiger partial charge in [0.15, 0.2) is 0 Å². The number of nitrogens with one attached hydrogen (secondary N) is 1. The van der Waals surface area contributed by atoms with E-state index in [4.69, 9.17) is 0 Å². The third-order valence-corrected chi connectivity index (χ3v) is 6.96. The summed E-state index contributed by atoms with van der Waals surface area (Å²) in [5, 5.41) is 1.65. The number of hydrogen-bond acceptors (Lipinski definition) is 5. The fourth-order valence-corrected chi connectivity index (χ4v) is 5.31. The standard InChI is InChI=1S/C17H16FNO4S2/c18-13-5-3-11(4-6-13)17(12-8-14(20)10-15(21)9-12)19-25(22,23)16-2-1-7-24-16/h1-7,12,17,19H,8-10H2/t17-/m0/s1. The second-order valence-electron chi connectivity index (χ2n) is 6.01. The molecule has 1 fully saturated rings. The molecule has 1 N–H and O–H groups in total. The highest BCUT2D eigenvalue weighted by molar-refractivity contribution is 7.91. The Morgan fingerprint density at radius 3 is 2.28 bits per heavy atom. The van der Waals surface area contributed by atoms with Crippen molar-refractivity contribution in [1.82, 2.24) is 4.72 Å². The highest BCUT2D eigenvalue weighted by Crippen LogP contribution is 2.33. The van der Waals surface area contributed by atoms with Gasteiger partial charge < -0.3 is 0 Å². The molecule has 1 aromatic carbocycles. The molecule has 1 heterocycles. The average Bonchev–Trinajstić information content (AvgIpc) is 3.08. The molecule has 25 heavy (non-hydrogen) atoms. The Morgan fingerprint density at radius 1 is 1.08 bits per heavy atom. The Hall–Kier alpha value is -1.90. The summed E-state index contributed by atoms with van der Waals surface area (Å²) in [4.78, 5) is 23.6. The Bertz CT molecular complexity index is 860. The van der Waals surface area contributed by atoms with E-state index in [2.05, 4.69) is 4.72 Å². The van der Waals surface area contributed by atoms with E-state index >= 15 is 0 Å². The van der Waals surface area contributed by atoms with Crippen molar-refractivity contribution < 1.29 is 22.4 Å². The van der Waals surface area contributed by atoms with Crippen molar-refractivity contribution in [3.63, 3.8) is 0 Å². The third kappa shape index (κ3) is 4.20. The second kappa shape index (κ2) is 7.15. The number of carbonyl (C=O) groups excluding carboxylic acids is 2. The average molecular weight is 381 g/mol. The molecule has 2 aromatic rings. The summed E-state index contributed by atoms with van der Waals surface area (Å²) >= 11 is 1.07. The maximum absolute atomic E-state index is 13.2. The fraction of sp³-hybridized carbons (Fsp3) is 0.294. The zero-order chi connectivity index (χ0) is 18.0. The van der Waals surface area contributed by atoms with E-state index in [0.717, 1.165) is 11.3 Å². The predicted molar refractivity (Wildman–Crippen MR) is 91.1 cm³/mol. The molecule has 1 atom stereocenters. The molecule has 1 aliphatic rings. The van der Waals surface area contributed by atoms with Gasteiger partial charge in [-0.3, -0.25) is 9.59 Å².